The van der Waals surface area contributed by atoms with E-state index in [1.54, 1.807) is 12.1 Å². The second kappa shape index (κ2) is 5.90. The average molecular weight is 334 g/mol. The Morgan fingerprint density at radius 2 is 1.68 bits per heavy atom. The first-order valence-electron chi connectivity index (χ1n) is 7.82. The zero-order valence-electron chi connectivity index (χ0n) is 13.1. The minimum atomic E-state index is -0.650. The topological polar surface area (TPSA) is 81.5 Å². The number of fused-ring (bicyclic) bond motifs is 1. The summed E-state index contributed by atoms with van der Waals surface area (Å²) in [7, 11) is 0. The molecule has 1 N–H and O–H groups in total. The van der Waals surface area contributed by atoms with Gasteiger partial charge in [-0.3, -0.25) is 14.9 Å². The van der Waals surface area contributed by atoms with E-state index in [1.165, 1.54) is 12.1 Å². The Kier molecular flexibility index (Phi) is 3.57. The number of β-lactam (4-membered cyclic amide) rings is 1. The number of carbonyl (C=O) groups excluding carboxylic acids is 1. The predicted octanol–water partition coefficient (Wildman–Crippen LogP) is 3.37. The molecule has 1 aliphatic rings. The second-order valence-electron chi connectivity index (χ2n) is 5.88. The Hall–Kier alpha value is -3.41. The van der Waals surface area contributed by atoms with Gasteiger partial charge in [0.05, 0.1) is 4.92 Å². The maximum absolute atomic E-state index is 11.9. The monoisotopic (exact) mass is 334 g/mol. The van der Waals surface area contributed by atoms with E-state index in [2.05, 4.69) is 5.32 Å². The fourth-order valence-electron chi connectivity index (χ4n) is 2.94. The van der Waals surface area contributed by atoms with E-state index < -0.39 is 11.0 Å². The molecule has 6 heteroatoms. The molecule has 1 aliphatic heterocycles. The normalized spacial score (nSPS) is 19.1. The number of nitrogens with one attached hydrogen (secondary N) is 1. The summed E-state index contributed by atoms with van der Waals surface area (Å²) in [5.74, 6) is 0.418. The van der Waals surface area contributed by atoms with E-state index >= 15 is 0 Å². The maximum atomic E-state index is 11.9. The Labute approximate surface area is 143 Å². The fourth-order valence-corrected chi connectivity index (χ4v) is 2.94. The number of carbonyl (C=O) groups is 1. The molecular formula is C19H14N2O4. The van der Waals surface area contributed by atoms with Crippen molar-refractivity contribution >= 4 is 22.4 Å². The van der Waals surface area contributed by atoms with Crippen LogP contribution in [-0.2, 0) is 4.79 Å². The van der Waals surface area contributed by atoms with Crippen LogP contribution in [0, 0.1) is 10.1 Å². The molecule has 2 atom stereocenters. The quantitative estimate of drug-likeness (QED) is 0.450. The molecule has 0 saturated carbocycles. The first-order valence-corrected chi connectivity index (χ1v) is 7.82. The van der Waals surface area contributed by atoms with Crippen LogP contribution in [0.25, 0.3) is 10.8 Å². The second-order valence-corrected chi connectivity index (χ2v) is 5.88. The van der Waals surface area contributed by atoms with Gasteiger partial charge >= 0.3 is 0 Å². The van der Waals surface area contributed by atoms with Crippen LogP contribution in [0.4, 0.5) is 5.69 Å². The highest BCUT2D eigenvalue weighted by molar-refractivity contribution is 5.89. The zero-order chi connectivity index (χ0) is 17.4. The molecule has 0 spiro atoms. The van der Waals surface area contributed by atoms with E-state index in [0.717, 1.165) is 16.3 Å². The SMILES string of the molecule is O=C1N[C@H](c2ccc([N+](=O)[O-])cc2)[C@@H]1Oc1ccc2ccccc2c1. The lowest BCUT2D eigenvalue weighted by molar-refractivity contribution is -0.384. The van der Waals surface area contributed by atoms with Crippen LogP contribution >= 0.6 is 0 Å². The first kappa shape index (κ1) is 15.1. The summed E-state index contributed by atoms with van der Waals surface area (Å²) in [6, 6.07) is 19.4. The molecule has 3 aromatic carbocycles. The van der Waals surface area contributed by atoms with Gasteiger partial charge in [-0.05, 0) is 40.6 Å². The lowest BCUT2D eigenvalue weighted by Crippen LogP contribution is -2.58. The Morgan fingerprint density at radius 3 is 2.36 bits per heavy atom. The summed E-state index contributed by atoms with van der Waals surface area (Å²) >= 11 is 0. The highest BCUT2D eigenvalue weighted by atomic mass is 16.6. The largest absolute Gasteiger partial charge is 0.478 e. The molecule has 25 heavy (non-hydrogen) atoms. The number of hydrogen-bond acceptors (Lipinski definition) is 4. The zero-order valence-corrected chi connectivity index (χ0v) is 13.1. The van der Waals surface area contributed by atoms with E-state index in [1.807, 2.05) is 42.5 Å². The van der Waals surface area contributed by atoms with Gasteiger partial charge in [0.1, 0.15) is 11.8 Å². The Morgan fingerprint density at radius 1 is 0.960 bits per heavy atom. The van der Waals surface area contributed by atoms with Crippen LogP contribution in [0.1, 0.15) is 11.6 Å². The smallest absolute Gasteiger partial charge is 0.269 e. The average Bonchev–Trinajstić information content (AvgIpc) is 2.64. The molecule has 124 valence electrons. The van der Waals surface area contributed by atoms with Gasteiger partial charge in [-0.15, -0.1) is 0 Å². The summed E-state index contributed by atoms with van der Waals surface area (Å²) in [6.07, 6.45) is -0.650. The maximum Gasteiger partial charge on any atom is 0.269 e. The molecule has 0 aliphatic carbocycles. The van der Waals surface area contributed by atoms with Crippen molar-refractivity contribution < 1.29 is 14.5 Å². The minimum Gasteiger partial charge on any atom is -0.478 e. The molecule has 4 rings (SSSR count). The molecule has 0 aromatic heterocycles. The van der Waals surface area contributed by atoms with Crippen molar-refractivity contribution in [3.63, 3.8) is 0 Å². The van der Waals surface area contributed by atoms with Crippen LogP contribution in [0.15, 0.2) is 66.7 Å². The third-order valence-corrected chi connectivity index (χ3v) is 4.31. The molecule has 0 radical (unpaired) electrons. The Bertz CT molecular complexity index is 969. The number of nitro benzene ring substituents is 1. The molecule has 6 nitrogen and oxygen atoms in total. The number of amides is 1. The van der Waals surface area contributed by atoms with Crippen molar-refractivity contribution in [1.29, 1.82) is 0 Å². The van der Waals surface area contributed by atoms with E-state index in [9.17, 15) is 14.9 Å². The molecule has 1 heterocycles. The van der Waals surface area contributed by atoms with Crippen molar-refractivity contribution in [2.45, 2.75) is 12.1 Å². The van der Waals surface area contributed by atoms with Crippen molar-refractivity contribution in [3.8, 4) is 5.75 Å². The molecule has 1 saturated heterocycles. The molecular weight excluding hydrogens is 320 g/mol. The van der Waals surface area contributed by atoms with Gasteiger partial charge in [-0.2, -0.15) is 0 Å². The van der Waals surface area contributed by atoms with Gasteiger partial charge in [0.2, 0.25) is 6.10 Å². The number of nitro groups is 1. The first-order chi connectivity index (χ1) is 12.1. The van der Waals surface area contributed by atoms with Crippen LogP contribution in [0.5, 0.6) is 5.75 Å². The summed E-state index contributed by atoms with van der Waals surface area (Å²) in [6.45, 7) is 0. The number of non-ortho nitro benzene ring substituents is 1. The Balaban J connectivity index is 1.55. The number of benzene rings is 3. The fraction of sp³-hybridized carbons (Fsp3) is 0.105. The van der Waals surface area contributed by atoms with E-state index in [4.69, 9.17) is 4.74 Å². The van der Waals surface area contributed by atoms with Crippen LogP contribution in [0.2, 0.25) is 0 Å². The van der Waals surface area contributed by atoms with Gasteiger partial charge in [0.25, 0.3) is 11.6 Å². The van der Waals surface area contributed by atoms with Crippen molar-refractivity contribution in [2.75, 3.05) is 0 Å². The van der Waals surface area contributed by atoms with Crippen LogP contribution in [-0.4, -0.2) is 16.9 Å². The van der Waals surface area contributed by atoms with Gasteiger partial charge in [-0.1, -0.05) is 30.3 Å². The van der Waals surface area contributed by atoms with E-state index in [-0.39, 0.29) is 17.6 Å². The van der Waals surface area contributed by atoms with Crippen molar-refractivity contribution in [2.24, 2.45) is 0 Å². The third kappa shape index (κ3) is 2.78. The molecule has 0 bridgehead atoms. The van der Waals surface area contributed by atoms with Gasteiger partial charge < -0.3 is 10.1 Å². The highest BCUT2D eigenvalue weighted by Gasteiger charge is 2.42. The molecule has 3 aromatic rings. The number of hydrogen-bond donors (Lipinski definition) is 1. The number of rotatable bonds is 4. The van der Waals surface area contributed by atoms with Crippen molar-refractivity contribution in [3.05, 3.63) is 82.4 Å². The summed E-state index contributed by atoms with van der Waals surface area (Å²) < 4.78 is 5.87. The van der Waals surface area contributed by atoms with Gasteiger partial charge in [0, 0.05) is 12.1 Å². The summed E-state index contributed by atoms with van der Waals surface area (Å²) in [5, 5.41) is 15.7. The van der Waals surface area contributed by atoms with Gasteiger partial charge in [-0.25, -0.2) is 0 Å². The number of ether oxygens (including phenoxy) is 1. The van der Waals surface area contributed by atoms with Gasteiger partial charge in [0.15, 0.2) is 0 Å². The number of nitrogens with zero attached hydrogens (tertiary/aromatic N) is 1. The lowest BCUT2D eigenvalue weighted by atomic mass is 9.93. The van der Waals surface area contributed by atoms with E-state index in [0.29, 0.717) is 5.75 Å². The molecule has 1 amide bonds. The predicted molar refractivity (Wildman–Crippen MR) is 92.3 cm³/mol. The third-order valence-electron chi connectivity index (χ3n) is 4.31. The summed E-state index contributed by atoms with van der Waals surface area (Å²) in [5.41, 5.74) is 0.789. The highest BCUT2D eigenvalue weighted by Crippen LogP contribution is 2.31. The van der Waals surface area contributed by atoms with Crippen LogP contribution < -0.4 is 10.1 Å². The standard InChI is InChI=1S/C19H14N2O4/c22-19-18(17(20-19)13-5-8-15(9-6-13)21(23)24)25-16-10-7-12-3-1-2-4-14(12)11-16/h1-11,17-18H,(H,20,22)/t17-,18+/m1/s1. The van der Waals surface area contributed by atoms with Crippen molar-refractivity contribution in [1.82, 2.24) is 5.32 Å². The summed E-state index contributed by atoms with van der Waals surface area (Å²) in [4.78, 5) is 22.2. The minimum absolute atomic E-state index is 0.0152. The molecule has 0 unspecified atom stereocenters. The molecule has 1 fully saturated rings. The van der Waals surface area contributed by atoms with Crippen LogP contribution in [0.3, 0.4) is 0 Å². The lowest BCUT2D eigenvalue weighted by Gasteiger charge is -2.36.